The molecule has 3 aliphatic heterocycles. The molecule has 3 fully saturated rings. The van der Waals surface area contributed by atoms with Crippen molar-refractivity contribution in [1.82, 2.24) is 14.8 Å². The van der Waals surface area contributed by atoms with Crippen molar-refractivity contribution < 1.29 is 4.79 Å². The molecular formula is C17H21N3O2S. The highest BCUT2D eigenvalue weighted by Gasteiger charge is 2.35. The zero-order valence-corrected chi connectivity index (χ0v) is 14.1. The normalized spacial score (nSPS) is 26.6. The van der Waals surface area contributed by atoms with Crippen LogP contribution in [0.15, 0.2) is 22.4 Å². The fourth-order valence-corrected chi connectivity index (χ4v) is 4.76. The number of hydrogen-bond donors (Lipinski definition) is 1. The van der Waals surface area contributed by atoms with Crippen LogP contribution < -0.4 is 10.7 Å². The summed E-state index contributed by atoms with van der Waals surface area (Å²) in [7, 11) is 0. The van der Waals surface area contributed by atoms with Crippen molar-refractivity contribution >= 4 is 27.5 Å². The second kappa shape index (κ2) is 5.76. The highest BCUT2D eigenvalue weighted by Crippen LogP contribution is 2.27. The molecule has 1 atom stereocenters. The van der Waals surface area contributed by atoms with E-state index < -0.39 is 0 Å². The maximum atomic E-state index is 12.7. The number of fused-ring (bicyclic) bond motifs is 4. The van der Waals surface area contributed by atoms with E-state index in [2.05, 4.69) is 10.2 Å². The van der Waals surface area contributed by atoms with Gasteiger partial charge in [-0.15, -0.1) is 11.3 Å². The third-order valence-corrected chi connectivity index (χ3v) is 6.15. The maximum absolute atomic E-state index is 12.7. The first kappa shape index (κ1) is 14.9. The molecule has 0 radical (unpaired) electrons. The molecule has 3 aliphatic rings. The Morgan fingerprint density at radius 1 is 1.39 bits per heavy atom. The zero-order chi connectivity index (χ0) is 16.0. The van der Waals surface area contributed by atoms with Crippen molar-refractivity contribution in [3.63, 3.8) is 0 Å². The van der Waals surface area contributed by atoms with Crippen LogP contribution in [0.25, 0.3) is 10.2 Å². The van der Waals surface area contributed by atoms with Gasteiger partial charge in [0.25, 0.3) is 5.91 Å². The minimum Gasteiger partial charge on any atom is -0.348 e. The van der Waals surface area contributed by atoms with Gasteiger partial charge in [-0.2, -0.15) is 0 Å². The molecule has 23 heavy (non-hydrogen) atoms. The second-order valence-corrected chi connectivity index (χ2v) is 7.43. The molecule has 6 heteroatoms. The van der Waals surface area contributed by atoms with E-state index in [0.29, 0.717) is 10.6 Å². The second-order valence-electron chi connectivity index (χ2n) is 6.51. The molecule has 122 valence electrons. The number of nitrogens with one attached hydrogen (secondary N) is 1. The fourth-order valence-electron chi connectivity index (χ4n) is 3.90. The van der Waals surface area contributed by atoms with Gasteiger partial charge in [0.15, 0.2) is 0 Å². The molecular weight excluding hydrogens is 310 g/mol. The standard InChI is InChI=1S/C17H21N3O2S/c1-2-20-9-12(15(21)16-14(20)5-8-23-16)17(22)18-13-10-19-6-3-11(13)4-7-19/h5,8-9,11,13H,2-4,6-7,10H2,1H3,(H,18,22). The van der Waals surface area contributed by atoms with Gasteiger partial charge in [-0.25, -0.2) is 0 Å². The van der Waals surface area contributed by atoms with Crippen LogP contribution in [0, 0.1) is 5.92 Å². The number of hydrogen-bond acceptors (Lipinski definition) is 4. The molecule has 5 heterocycles. The SMILES string of the molecule is CCn1cc(C(=O)NC2CN3CCC2CC3)c(=O)c2sccc21. The van der Waals surface area contributed by atoms with Crippen LogP contribution in [0.4, 0.5) is 0 Å². The Hall–Kier alpha value is -1.66. The number of aryl methyl sites for hydroxylation is 1. The Labute approximate surface area is 138 Å². The maximum Gasteiger partial charge on any atom is 0.257 e. The summed E-state index contributed by atoms with van der Waals surface area (Å²) in [4.78, 5) is 27.7. The predicted molar refractivity (Wildman–Crippen MR) is 92.2 cm³/mol. The van der Waals surface area contributed by atoms with Gasteiger partial charge in [-0.05, 0) is 50.2 Å². The van der Waals surface area contributed by atoms with E-state index in [4.69, 9.17) is 0 Å². The van der Waals surface area contributed by atoms with Crippen LogP contribution in [0.5, 0.6) is 0 Å². The first-order valence-electron chi connectivity index (χ1n) is 8.31. The van der Waals surface area contributed by atoms with Crippen molar-refractivity contribution in [1.29, 1.82) is 0 Å². The summed E-state index contributed by atoms with van der Waals surface area (Å²) >= 11 is 1.41. The third-order valence-electron chi connectivity index (χ3n) is 5.25. The zero-order valence-electron chi connectivity index (χ0n) is 13.2. The van der Waals surface area contributed by atoms with E-state index in [9.17, 15) is 9.59 Å². The summed E-state index contributed by atoms with van der Waals surface area (Å²) in [6.07, 6.45) is 4.01. The largest absolute Gasteiger partial charge is 0.348 e. The Bertz CT molecular complexity index is 802. The number of amides is 1. The average Bonchev–Trinajstić information content (AvgIpc) is 3.06. The van der Waals surface area contributed by atoms with Gasteiger partial charge in [0, 0.05) is 25.3 Å². The number of rotatable bonds is 3. The molecule has 0 aliphatic carbocycles. The van der Waals surface area contributed by atoms with Gasteiger partial charge in [0.05, 0.1) is 10.2 Å². The Morgan fingerprint density at radius 3 is 2.83 bits per heavy atom. The number of piperidine rings is 3. The predicted octanol–water partition coefficient (Wildman–Crippen LogP) is 1.91. The van der Waals surface area contributed by atoms with Crippen molar-refractivity contribution in [3.05, 3.63) is 33.4 Å². The average molecular weight is 331 g/mol. The molecule has 2 aromatic rings. The van der Waals surface area contributed by atoms with Gasteiger partial charge in [0.1, 0.15) is 5.56 Å². The van der Waals surface area contributed by atoms with Gasteiger partial charge < -0.3 is 14.8 Å². The molecule has 5 rings (SSSR count). The first-order chi connectivity index (χ1) is 11.2. The van der Waals surface area contributed by atoms with Gasteiger partial charge in [0.2, 0.25) is 5.43 Å². The van der Waals surface area contributed by atoms with Crippen LogP contribution in [-0.4, -0.2) is 41.1 Å². The van der Waals surface area contributed by atoms with Crippen LogP contribution in [0.3, 0.4) is 0 Å². The number of nitrogens with zero attached hydrogens (tertiary/aromatic N) is 2. The number of carbonyl (C=O) groups excluding carboxylic acids is 1. The summed E-state index contributed by atoms with van der Waals surface area (Å²) in [6.45, 7) is 5.96. The Balaban J connectivity index is 1.64. The van der Waals surface area contributed by atoms with Gasteiger partial charge in [-0.1, -0.05) is 0 Å². The summed E-state index contributed by atoms with van der Waals surface area (Å²) in [5, 5.41) is 5.04. The van der Waals surface area contributed by atoms with Crippen molar-refractivity contribution in [3.8, 4) is 0 Å². The Kier molecular flexibility index (Phi) is 3.73. The van der Waals surface area contributed by atoms with E-state index in [1.807, 2.05) is 22.9 Å². The van der Waals surface area contributed by atoms with Crippen molar-refractivity contribution in [2.45, 2.75) is 32.4 Å². The van der Waals surface area contributed by atoms with E-state index in [0.717, 1.165) is 44.5 Å². The summed E-state index contributed by atoms with van der Waals surface area (Å²) < 4.78 is 2.66. The highest BCUT2D eigenvalue weighted by molar-refractivity contribution is 7.17. The van der Waals surface area contributed by atoms with E-state index in [1.165, 1.54) is 11.3 Å². The smallest absolute Gasteiger partial charge is 0.257 e. The first-order valence-corrected chi connectivity index (χ1v) is 9.19. The quantitative estimate of drug-likeness (QED) is 0.935. The van der Waals surface area contributed by atoms with E-state index >= 15 is 0 Å². The monoisotopic (exact) mass is 331 g/mol. The van der Waals surface area contributed by atoms with Crippen molar-refractivity contribution in [2.75, 3.05) is 19.6 Å². The summed E-state index contributed by atoms with van der Waals surface area (Å²) in [5.41, 5.74) is 1.05. The van der Waals surface area contributed by atoms with Crippen LogP contribution in [-0.2, 0) is 6.54 Å². The van der Waals surface area contributed by atoms with Crippen LogP contribution in [0.1, 0.15) is 30.1 Å². The number of pyridine rings is 1. The minimum absolute atomic E-state index is 0.140. The lowest BCUT2D eigenvalue weighted by Gasteiger charge is -2.44. The molecule has 1 unspecified atom stereocenters. The fraction of sp³-hybridized carbons (Fsp3) is 0.529. The molecule has 0 spiro atoms. The Morgan fingerprint density at radius 2 is 2.17 bits per heavy atom. The van der Waals surface area contributed by atoms with Gasteiger partial charge in [-0.3, -0.25) is 9.59 Å². The topological polar surface area (TPSA) is 54.3 Å². The van der Waals surface area contributed by atoms with E-state index in [1.54, 1.807) is 6.20 Å². The lowest BCUT2D eigenvalue weighted by molar-refractivity contribution is 0.0619. The molecule has 0 saturated carbocycles. The van der Waals surface area contributed by atoms with E-state index in [-0.39, 0.29) is 22.9 Å². The molecule has 2 bridgehead atoms. The molecule has 2 aromatic heterocycles. The summed E-state index contributed by atoms with van der Waals surface area (Å²) in [6, 6.07) is 2.12. The number of aromatic nitrogens is 1. The molecule has 1 N–H and O–H groups in total. The number of carbonyl (C=O) groups is 1. The summed E-state index contributed by atoms with van der Waals surface area (Å²) in [5.74, 6) is 0.342. The molecule has 0 aromatic carbocycles. The minimum atomic E-state index is -0.216. The lowest BCUT2D eigenvalue weighted by Crippen LogP contribution is -2.57. The lowest BCUT2D eigenvalue weighted by atomic mass is 9.84. The highest BCUT2D eigenvalue weighted by atomic mass is 32.1. The molecule has 1 amide bonds. The molecule has 5 nitrogen and oxygen atoms in total. The van der Waals surface area contributed by atoms with Crippen LogP contribution >= 0.6 is 11.3 Å². The molecule has 3 saturated heterocycles. The third kappa shape index (κ3) is 2.50. The van der Waals surface area contributed by atoms with Gasteiger partial charge >= 0.3 is 0 Å². The number of thiophene rings is 1. The van der Waals surface area contributed by atoms with Crippen molar-refractivity contribution in [2.24, 2.45) is 5.92 Å². The van der Waals surface area contributed by atoms with Crippen LogP contribution in [0.2, 0.25) is 0 Å².